The summed E-state index contributed by atoms with van der Waals surface area (Å²) in [5.74, 6) is -2.84. The number of carbonyl (C=O) groups is 3. The Kier molecular flexibility index (Phi) is 4.87. The fourth-order valence-corrected chi connectivity index (χ4v) is 1.48. The number of aliphatic carboxylic acids is 1. The van der Waals surface area contributed by atoms with E-state index in [1.54, 1.807) is 18.2 Å². The van der Waals surface area contributed by atoms with Crippen LogP contribution in [0.2, 0.25) is 0 Å². The number of carbonyl (C=O) groups excluding carboxylic acids is 2. The third-order valence-corrected chi connectivity index (χ3v) is 2.38. The molecule has 0 aliphatic rings. The van der Waals surface area contributed by atoms with Gasteiger partial charge in [0.05, 0.1) is 12.8 Å². The Morgan fingerprint density at radius 2 is 1.89 bits per heavy atom. The van der Waals surface area contributed by atoms with E-state index < -0.39 is 30.2 Å². The average molecular weight is 266 g/mol. The summed E-state index contributed by atoms with van der Waals surface area (Å²) in [6.07, 6.45) is -0.670. The first-order valence-corrected chi connectivity index (χ1v) is 5.47. The lowest BCUT2D eigenvalue weighted by Crippen LogP contribution is -2.43. The van der Waals surface area contributed by atoms with Crippen molar-refractivity contribution in [3.8, 4) is 5.75 Å². The van der Waals surface area contributed by atoms with Gasteiger partial charge < -0.3 is 21.3 Å². The van der Waals surface area contributed by atoms with E-state index in [0.29, 0.717) is 5.56 Å². The standard InChI is InChI=1S/C12H14N2O5/c13-10(16)6-8(12(18)19)14-11(17)5-7-3-1-2-4-9(7)15/h1-4,8,15H,5-6H2,(H2,13,16)(H,14,17)(H,18,19)/t8-/m1/s1. The predicted molar refractivity (Wildman–Crippen MR) is 65.2 cm³/mol. The average Bonchev–Trinajstić information content (AvgIpc) is 2.30. The van der Waals surface area contributed by atoms with Gasteiger partial charge in [-0.05, 0) is 6.07 Å². The molecular weight excluding hydrogens is 252 g/mol. The topological polar surface area (TPSA) is 130 Å². The summed E-state index contributed by atoms with van der Waals surface area (Å²) in [4.78, 5) is 33.1. The number of benzene rings is 1. The van der Waals surface area contributed by atoms with Gasteiger partial charge in [-0.3, -0.25) is 9.59 Å². The van der Waals surface area contributed by atoms with Crippen LogP contribution in [-0.2, 0) is 20.8 Å². The first kappa shape index (κ1) is 14.5. The lowest BCUT2D eigenvalue weighted by molar-refractivity contribution is -0.143. The molecule has 0 saturated heterocycles. The number of nitrogens with two attached hydrogens (primary N) is 1. The van der Waals surface area contributed by atoms with Crippen LogP contribution in [0.5, 0.6) is 5.75 Å². The molecule has 0 bridgehead atoms. The molecule has 1 rings (SSSR count). The molecule has 102 valence electrons. The molecule has 0 aromatic heterocycles. The number of hydrogen-bond acceptors (Lipinski definition) is 4. The summed E-state index contributed by atoms with van der Waals surface area (Å²) in [5, 5.41) is 20.5. The minimum Gasteiger partial charge on any atom is -0.508 e. The summed E-state index contributed by atoms with van der Waals surface area (Å²) in [6.45, 7) is 0. The van der Waals surface area contributed by atoms with Crippen LogP contribution in [0.25, 0.3) is 0 Å². The molecule has 1 atom stereocenters. The number of phenolic OH excluding ortho intramolecular Hbond substituents is 1. The number of carboxylic acid groups (broad SMARTS) is 1. The molecule has 5 N–H and O–H groups in total. The van der Waals surface area contributed by atoms with Gasteiger partial charge in [-0.1, -0.05) is 18.2 Å². The summed E-state index contributed by atoms with van der Waals surface area (Å²) >= 11 is 0. The van der Waals surface area contributed by atoms with E-state index in [-0.39, 0.29) is 12.2 Å². The first-order valence-electron chi connectivity index (χ1n) is 5.47. The van der Waals surface area contributed by atoms with Crippen molar-refractivity contribution < 1.29 is 24.6 Å². The Morgan fingerprint density at radius 3 is 2.42 bits per heavy atom. The third kappa shape index (κ3) is 4.66. The maximum atomic E-state index is 11.6. The number of hydrogen-bond donors (Lipinski definition) is 4. The fourth-order valence-electron chi connectivity index (χ4n) is 1.48. The van der Waals surface area contributed by atoms with Crippen molar-refractivity contribution in [3.05, 3.63) is 29.8 Å². The van der Waals surface area contributed by atoms with Gasteiger partial charge in [-0.25, -0.2) is 4.79 Å². The minimum absolute atomic E-state index is 0.0561. The third-order valence-electron chi connectivity index (χ3n) is 2.38. The van der Waals surface area contributed by atoms with Gasteiger partial charge in [0.25, 0.3) is 0 Å². The second-order valence-corrected chi connectivity index (χ2v) is 3.93. The Labute approximate surface area is 109 Å². The highest BCUT2D eigenvalue weighted by Gasteiger charge is 2.22. The van der Waals surface area contributed by atoms with E-state index >= 15 is 0 Å². The van der Waals surface area contributed by atoms with Crippen LogP contribution in [0, 0.1) is 0 Å². The molecule has 0 aliphatic heterocycles. The van der Waals surface area contributed by atoms with Crippen molar-refractivity contribution >= 4 is 17.8 Å². The number of primary amides is 1. The van der Waals surface area contributed by atoms with Crippen LogP contribution >= 0.6 is 0 Å². The zero-order chi connectivity index (χ0) is 14.4. The number of rotatable bonds is 6. The second kappa shape index (κ2) is 6.39. The first-order chi connectivity index (χ1) is 8.90. The normalized spacial score (nSPS) is 11.6. The van der Waals surface area contributed by atoms with Crippen LogP contribution in [0.3, 0.4) is 0 Å². The van der Waals surface area contributed by atoms with E-state index in [1.807, 2.05) is 0 Å². The van der Waals surface area contributed by atoms with Crippen LogP contribution < -0.4 is 11.1 Å². The highest BCUT2D eigenvalue weighted by atomic mass is 16.4. The maximum Gasteiger partial charge on any atom is 0.326 e. The maximum absolute atomic E-state index is 11.6. The molecule has 1 aromatic carbocycles. The van der Waals surface area contributed by atoms with Gasteiger partial charge in [0.2, 0.25) is 11.8 Å². The summed E-state index contributed by atoms with van der Waals surface area (Å²) in [6, 6.07) is 4.83. The van der Waals surface area contributed by atoms with Gasteiger partial charge in [0, 0.05) is 5.56 Å². The Morgan fingerprint density at radius 1 is 1.26 bits per heavy atom. The number of aromatic hydroxyl groups is 1. The molecule has 0 radical (unpaired) electrons. The Bertz CT molecular complexity index is 501. The van der Waals surface area contributed by atoms with E-state index in [2.05, 4.69) is 5.32 Å². The molecule has 1 aromatic rings. The molecular formula is C12H14N2O5. The monoisotopic (exact) mass is 266 g/mol. The summed E-state index contributed by atoms with van der Waals surface area (Å²) in [5.41, 5.74) is 5.25. The zero-order valence-corrected chi connectivity index (χ0v) is 10.00. The van der Waals surface area contributed by atoms with E-state index in [0.717, 1.165) is 0 Å². The summed E-state index contributed by atoms with van der Waals surface area (Å²) < 4.78 is 0. The highest BCUT2D eigenvalue weighted by molar-refractivity contribution is 5.88. The largest absolute Gasteiger partial charge is 0.508 e. The van der Waals surface area contributed by atoms with E-state index in [4.69, 9.17) is 10.8 Å². The number of para-hydroxylation sites is 1. The Balaban J connectivity index is 2.65. The molecule has 0 aliphatic carbocycles. The van der Waals surface area contributed by atoms with Crippen molar-refractivity contribution in [1.82, 2.24) is 5.32 Å². The molecule has 0 fully saturated rings. The highest BCUT2D eigenvalue weighted by Crippen LogP contribution is 2.15. The number of phenols is 1. The smallest absolute Gasteiger partial charge is 0.326 e. The molecule has 0 unspecified atom stereocenters. The quantitative estimate of drug-likeness (QED) is 0.545. The molecule has 0 heterocycles. The molecule has 7 heteroatoms. The number of carboxylic acids is 1. The molecule has 7 nitrogen and oxygen atoms in total. The fraction of sp³-hybridized carbons (Fsp3) is 0.250. The van der Waals surface area contributed by atoms with Crippen molar-refractivity contribution in [2.45, 2.75) is 18.9 Å². The SMILES string of the molecule is NC(=O)C[C@@H](NC(=O)Cc1ccccc1O)C(=O)O. The van der Waals surface area contributed by atoms with E-state index in [9.17, 15) is 19.5 Å². The van der Waals surface area contributed by atoms with Crippen molar-refractivity contribution in [1.29, 1.82) is 0 Å². The number of nitrogens with one attached hydrogen (secondary N) is 1. The minimum atomic E-state index is -1.36. The zero-order valence-electron chi connectivity index (χ0n) is 10.00. The Hall–Kier alpha value is -2.57. The van der Waals surface area contributed by atoms with Gasteiger partial charge in [0.1, 0.15) is 11.8 Å². The van der Waals surface area contributed by atoms with Crippen LogP contribution in [0.4, 0.5) is 0 Å². The van der Waals surface area contributed by atoms with Crippen molar-refractivity contribution in [2.24, 2.45) is 5.73 Å². The van der Waals surface area contributed by atoms with Crippen LogP contribution in [0.1, 0.15) is 12.0 Å². The molecule has 2 amide bonds. The second-order valence-electron chi connectivity index (χ2n) is 3.93. The summed E-state index contributed by atoms with van der Waals surface area (Å²) in [7, 11) is 0. The molecule has 0 spiro atoms. The van der Waals surface area contributed by atoms with Crippen LogP contribution in [-0.4, -0.2) is 34.0 Å². The molecule has 0 saturated carbocycles. The molecule has 19 heavy (non-hydrogen) atoms. The van der Waals surface area contributed by atoms with Gasteiger partial charge in [-0.2, -0.15) is 0 Å². The van der Waals surface area contributed by atoms with Crippen molar-refractivity contribution in [2.75, 3.05) is 0 Å². The van der Waals surface area contributed by atoms with Crippen LogP contribution in [0.15, 0.2) is 24.3 Å². The van der Waals surface area contributed by atoms with Gasteiger partial charge >= 0.3 is 5.97 Å². The lowest BCUT2D eigenvalue weighted by Gasteiger charge is -2.13. The van der Waals surface area contributed by atoms with Gasteiger partial charge in [0.15, 0.2) is 0 Å². The van der Waals surface area contributed by atoms with Crippen molar-refractivity contribution in [3.63, 3.8) is 0 Å². The van der Waals surface area contributed by atoms with Gasteiger partial charge in [-0.15, -0.1) is 0 Å². The lowest BCUT2D eigenvalue weighted by atomic mass is 10.1. The predicted octanol–water partition coefficient (Wildman–Crippen LogP) is -0.620. The number of amides is 2. The van der Waals surface area contributed by atoms with E-state index in [1.165, 1.54) is 6.07 Å².